The van der Waals surface area contributed by atoms with Gasteiger partial charge in [-0.15, -0.1) is 0 Å². The Morgan fingerprint density at radius 1 is 1.33 bits per heavy atom. The molecule has 0 unspecified atom stereocenters. The van der Waals surface area contributed by atoms with Gasteiger partial charge in [-0.25, -0.2) is 4.98 Å². The Hall–Kier alpha value is -1.55. The van der Waals surface area contributed by atoms with Crippen LogP contribution in [-0.2, 0) is 6.42 Å². The Balaban J connectivity index is 2.11. The third kappa shape index (κ3) is 2.47. The lowest BCUT2D eigenvalue weighted by atomic mass is 10.1. The number of nitrogen functional groups attached to an aromatic ring is 1. The third-order valence-corrected chi connectivity index (χ3v) is 2.88. The molecule has 4 heteroatoms. The van der Waals surface area contributed by atoms with Crippen molar-refractivity contribution < 1.29 is 0 Å². The summed E-state index contributed by atoms with van der Waals surface area (Å²) in [6, 6.07) is 8.32. The van der Waals surface area contributed by atoms with Crippen LogP contribution in [0.2, 0.25) is 0 Å². The maximum Gasteiger partial charge on any atom is 0.189 e. The molecule has 1 heterocycles. The Morgan fingerprint density at radius 2 is 2.07 bits per heavy atom. The fourth-order valence-electron chi connectivity index (χ4n) is 1.29. The van der Waals surface area contributed by atoms with E-state index in [1.807, 2.05) is 0 Å². The van der Waals surface area contributed by atoms with Crippen LogP contribution in [-0.4, -0.2) is 4.98 Å². The van der Waals surface area contributed by atoms with Gasteiger partial charge in [-0.05, 0) is 24.1 Å². The number of nitrogens with two attached hydrogens (primary N) is 1. The van der Waals surface area contributed by atoms with Crippen LogP contribution in [0, 0.1) is 0 Å². The number of benzene rings is 1. The van der Waals surface area contributed by atoms with E-state index in [2.05, 4.69) is 41.5 Å². The van der Waals surface area contributed by atoms with Crippen molar-refractivity contribution >= 4 is 27.2 Å². The molecule has 15 heavy (non-hydrogen) atoms. The zero-order valence-corrected chi connectivity index (χ0v) is 9.34. The van der Waals surface area contributed by atoms with E-state index in [1.165, 1.54) is 16.9 Å². The van der Waals surface area contributed by atoms with Crippen molar-refractivity contribution in [3.05, 3.63) is 36.0 Å². The maximum absolute atomic E-state index is 5.59. The van der Waals surface area contributed by atoms with Crippen molar-refractivity contribution in [1.82, 2.24) is 4.98 Å². The lowest BCUT2D eigenvalue weighted by molar-refractivity contribution is 1.14. The molecule has 0 atom stereocenters. The van der Waals surface area contributed by atoms with Crippen LogP contribution in [0.15, 0.2) is 30.5 Å². The molecular weight excluding hydrogens is 206 g/mol. The Bertz CT molecular complexity index is 433. The molecule has 0 aliphatic heterocycles. The van der Waals surface area contributed by atoms with Gasteiger partial charge in [0, 0.05) is 5.69 Å². The van der Waals surface area contributed by atoms with Crippen LogP contribution >= 0.6 is 11.3 Å². The molecule has 0 aliphatic rings. The normalized spacial score (nSPS) is 10.2. The molecule has 0 radical (unpaired) electrons. The molecule has 1 aromatic heterocycles. The first-order valence-corrected chi connectivity index (χ1v) is 5.67. The summed E-state index contributed by atoms with van der Waals surface area (Å²) in [6.45, 7) is 2.14. The molecule has 2 aromatic rings. The predicted molar refractivity (Wildman–Crippen MR) is 65.6 cm³/mol. The zero-order chi connectivity index (χ0) is 10.7. The van der Waals surface area contributed by atoms with Crippen LogP contribution in [0.1, 0.15) is 12.5 Å². The molecule has 0 fully saturated rings. The zero-order valence-electron chi connectivity index (χ0n) is 8.53. The second-order valence-electron chi connectivity index (χ2n) is 3.24. The molecule has 1 aromatic carbocycles. The number of thiazole rings is 1. The number of hydrogen-bond donors (Lipinski definition) is 2. The van der Waals surface area contributed by atoms with Gasteiger partial charge in [0.15, 0.2) is 5.13 Å². The molecule has 0 saturated carbocycles. The van der Waals surface area contributed by atoms with E-state index in [4.69, 9.17) is 5.73 Å². The number of aryl methyl sites for hydroxylation is 1. The van der Waals surface area contributed by atoms with Gasteiger partial charge in [0.2, 0.25) is 0 Å². The molecule has 78 valence electrons. The van der Waals surface area contributed by atoms with E-state index in [-0.39, 0.29) is 0 Å². The fourth-order valence-corrected chi connectivity index (χ4v) is 1.89. The number of anilines is 3. The summed E-state index contributed by atoms with van der Waals surface area (Å²) in [5.41, 5.74) is 7.97. The van der Waals surface area contributed by atoms with Crippen molar-refractivity contribution in [1.29, 1.82) is 0 Å². The number of hydrogen-bond acceptors (Lipinski definition) is 4. The number of aromatic nitrogens is 1. The predicted octanol–water partition coefficient (Wildman–Crippen LogP) is 3.03. The van der Waals surface area contributed by atoms with E-state index < -0.39 is 0 Å². The molecule has 0 saturated heterocycles. The second-order valence-corrected chi connectivity index (χ2v) is 4.31. The summed E-state index contributed by atoms with van der Waals surface area (Å²) in [7, 11) is 0. The summed E-state index contributed by atoms with van der Waals surface area (Å²) in [4.78, 5) is 4.14. The highest BCUT2D eigenvalue weighted by Crippen LogP contribution is 2.23. The summed E-state index contributed by atoms with van der Waals surface area (Å²) < 4.78 is 0. The standard InChI is InChI=1S/C11H13N3S/c1-2-8-3-5-9(6-4-8)14-11-13-7-10(12)15-11/h3-7H,2,12H2,1H3,(H,13,14). The van der Waals surface area contributed by atoms with Gasteiger partial charge in [-0.3, -0.25) is 0 Å². The highest BCUT2D eigenvalue weighted by Gasteiger charge is 1.99. The van der Waals surface area contributed by atoms with Gasteiger partial charge in [-0.2, -0.15) is 0 Å². The van der Waals surface area contributed by atoms with Crippen molar-refractivity contribution in [2.24, 2.45) is 0 Å². The van der Waals surface area contributed by atoms with Crippen LogP contribution in [0.4, 0.5) is 15.8 Å². The molecule has 0 bridgehead atoms. The van der Waals surface area contributed by atoms with E-state index in [0.717, 1.165) is 22.2 Å². The Kier molecular flexibility index (Phi) is 2.87. The van der Waals surface area contributed by atoms with E-state index in [1.54, 1.807) is 6.20 Å². The summed E-state index contributed by atoms with van der Waals surface area (Å²) in [6.07, 6.45) is 2.72. The van der Waals surface area contributed by atoms with Gasteiger partial charge in [0.25, 0.3) is 0 Å². The number of nitrogens with one attached hydrogen (secondary N) is 1. The Labute approximate surface area is 93.0 Å². The lowest BCUT2D eigenvalue weighted by Crippen LogP contribution is -1.89. The first-order valence-electron chi connectivity index (χ1n) is 4.85. The monoisotopic (exact) mass is 219 g/mol. The summed E-state index contributed by atoms with van der Waals surface area (Å²) in [5.74, 6) is 0. The number of nitrogens with zero attached hydrogens (tertiary/aromatic N) is 1. The van der Waals surface area contributed by atoms with Gasteiger partial charge >= 0.3 is 0 Å². The average Bonchev–Trinajstić information content (AvgIpc) is 2.65. The molecule has 3 nitrogen and oxygen atoms in total. The van der Waals surface area contributed by atoms with Crippen LogP contribution in [0.5, 0.6) is 0 Å². The summed E-state index contributed by atoms with van der Waals surface area (Å²) >= 11 is 1.45. The minimum Gasteiger partial charge on any atom is -0.389 e. The first-order chi connectivity index (χ1) is 7.28. The van der Waals surface area contributed by atoms with Gasteiger partial charge in [-0.1, -0.05) is 30.4 Å². The van der Waals surface area contributed by atoms with Crippen molar-refractivity contribution in [3.63, 3.8) is 0 Å². The fraction of sp³-hybridized carbons (Fsp3) is 0.182. The molecule has 2 rings (SSSR count). The SMILES string of the molecule is CCc1ccc(Nc2ncc(N)s2)cc1. The van der Waals surface area contributed by atoms with Gasteiger partial charge in [0.1, 0.15) is 5.00 Å². The highest BCUT2D eigenvalue weighted by atomic mass is 32.1. The van der Waals surface area contributed by atoms with Gasteiger partial charge < -0.3 is 11.1 Å². The third-order valence-electron chi connectivity index (χ3n) is 2.14. The topological polar surface area (TPSA) is 50.9 Å². The minimum absolute atomic E-state index is 0.725. The van der Waals surface area contributed by atoms with Crippen LogP contribution in [0.3, 0.4) is 0 Å². The minimum atomic E-state index is 0.725. The molecule has 3 N–H and O–H groups in total. The Morgan fingerprint density at radius 3 is 2.60 bits per heavy atom. The van der Waals surface area contributed by atoms with Crippen LogP contribution < -0.4 is 11.1 Å². The summed E-state index contributed by atoms with van der Waals surface area (Å²) in [5, 5.41) is 4.76. The molecule has 0 amide bonds. The largest absolute Gasteiger partial charge is 0.389 e. The van der Waals surface area contributed by atoms with Crippen molar-refractivity contribution in [2.45, 2.75) is 13.3 Å². The number of rotatable bonds is 3. The van der Waals surface area contributed by atoms with Gasteiger partial charge in [0.05, 0.1) is 6.20 Å². The van der Waals surface area contributed by atoms with Crippen molar-refractivity contribution in [3.8, 4) is 0 Å². The molecular formula is C11H13N3S. The van der Waals surface area contributed by atoms with E-state index in [9.17, 15) is 0 Å². The molecule has 0 aliphatic carbocycles. The first kappa shape index (κ1) is 9.98. The van der Waals surface area contributed by atoms with E-state index in [0.29, 0.717) is 0 Å². The molecule has 0 spiro atoms. The van der Waals surface area contributed by atoms with E-state index >= 15 is 0 Å². The average molecular weight is 219 g/mol. The lowest BCUT2D eigenvalue weighted by Gasteiger charge is -2.02. The quantitative estimate of drug-likeness (QED) is 0.834. The maximum atomic E-state index is 5.59. The van der Waals surface area contributed by atoms with Crippen molar-refractivity contribution in [2.75, 3.05) is 11.1 Å². The second kappa shape index (κ2) is 4.31. The highest BCUT2D eigenvalue weighted by molar-refractivity contribution is 7.19. The van der Waals surface area contributed by atoms with Crippen LogP contribution in [0.25, 0.3) is 0 Å². The smallest absolute Gasteiger partial charge is 0.189 e.